The molecule has 110 valence electrons. The molecule has 1 aromatic carbocycles. The third-order valence-electron chi connectivity index (χ3n) is 3.44. The van der Waals surface area contributed by atoms with Gasteiger partial charge in [0, 0.05) is 25.2 Å². The maximum atomic E-state index is 13.5. The third-order valence-corrected chi connectivity index (χ3v) is 3.44. The van der Waals surface area contributed by atoms with Crippen LogP contribution in [0.1, 0.15) is 25.8 Å². The average Bonchev–Trinajstić information content (AvgIpc) is 3.08. The second-order valence-electron chi connectivity index (χ2n) is 5.21. The molecule has 0 heterocycles. The number of nitrogens with one attached hydrogen (secondary N) is 2. The molecule has 0 aliphatic heterocycles. The second-order valence-corrected chi connectivity index (χ2v) is 5.21. The van der Waals surface area contributed by atoms with Crippen LogP contribution in [0.15, 0.2) is 23.2 Å². The van der Waals surface area contributed by atoms with Crippen LogP contribution in [0.2, 0.25) is 0 Å². The van der Waals surface area contributed by atoms with Gasteiger partial charge in [0.05, 0.1) is 0 Å². The quantitative estimate of drug-likeness (QED) is 0.642. The molecule has 2 unspecified atom stereocenters. The van der Waals surface area contributed by atoms with E-state index in [-0.39, 0.29) is 0 Å². The van der Waals surface area contributed by atoms with E-state index in [1.807, 2.05) is 6.92 Å². The molecular formula is C15H21F2N3. The Morgan fingerprint density at radius 3 is 2.75 bits per heavy atom. The van der Waals surface area contributed by atoms with Crippen molar-refractivity contribution >= 4 is 5.96 Å². The zero-order chi connectivity index (χ0) is 14.5. The molecule has 1 aliphatic rings. The van der Waals surface area contributed by atoms with Crippen molar-refractivity contribution in [2.45, 2.75) is 32.7 Å². The lowest BCUT2D eigenvalue weighted by atomic mass is 10.1. The zero-order valence-electron chi connectivity index (χ0n) is 11.9. The maximum absolute atomic E-state index is 13.5. The molecule has 1 aromatic rings. The van der Waals surface area contributed by atoms with Crippen molar-refractivity contribution in [2.24, 2.45) is 10.9 Å². The average molecular weight is 281 g/mol. The van der Waals surface area contributed by atoms with Gasteiger partial charge in [-0.15, -0.1) is 0 Å². The highest BCUT2D eigenvalue weighted by molar-refractivity contribution is 5.80. The Labute approximate surface area is 118 Å². The Balaban J connectivity index is 1.88. The van der Waals surface area contributed by atoms with Gasteiger partial charge in [-0.25, -0.2) is 8.78 Å². The molecule has 5 heteroatoms. The summed E-state index contributed by atoms with van der Waals surface area (Å²) in [5, 5.41) is 6.51. The number of nitrogens with zero attached hydrogens (tertiary/aromatic N) is 1. The smallest absolute Gasteiger partial charge is 0.191 e. The summed E-state index contributed by atoms with van der Waals surface area (Å²) in [5.74, 6) is 0.402. The topological polar surface area (TPSA) is 36.4 Å². The standard InChI is InChI=1S/C15H21F2N3/c1-3-18-15(20-14-8-10(14)2)19-7-6-11-4-5-12(16)9-13(11)17/h4-5,9-10,14H,3,6-8H2,1-2H3,(H2,18,19,20). The van der Waals surface area contributed by atoms with Gasteiger partial charge in [-0.3, -0.25) is 4.99 Å². The number of rotatable bonds is 5. The van der Waals surface area contributed by atoms with Crippen molar-refractivity contribution in [1.82, 2.24) is 10.6 Å². The molecule has 1 aliphatic carbocycles. The van der Waals surface area contributed by atoms with Crippen molar-refractivity contribution in [3.05, 3.63) is 35.4 Å². The molecule has 0 saturated heterocycles. The summed E-state index contributed by atoms with van der Waals surface area (Å²) in [6.45, 7) is 5.46. The van der Waals surface area contributed by atoms with Crippen LogP contribution in [0.25, 0.3) is 0 Å². The van der Waals surface area contributed by atoms with Crippen molar-refractivity contribution in [3.8, 4) is 0 Å². The number of hydrogen-bond acceptors (Lipinski definition) is 1. The molecule has 0 spiro atoms. The fourth-order valence-corrected chi connectivity index (χ4v) is 2.03. The molecule has 0 radical (unpaired) electrons. The van der Waals surface area contributed by atoms with Crippen molar-refractivity contribution in [1.29, 1.82) is 0 Å². The Morgan fingerprint density at radius 2 is 2.15 bits per heavy atom. The Bertz CT molecular complexity index is 488. The van der Waals surface area contributed by atoms with Crippen LogP contribution >= 0.6 is 0 Å². The van der Waals surface area contributed by atoms with Gasteiger partial charge >= 0.3 is 0 Å². The van der Waals surface area contributed by atoms with Crippen LogP contribution < -0.4 is 10.6 Å². The normalized spacial score (nSPS) is 21.7. The van der Waals surface area contributed by atoms with Gasteiger partial charge in [0.25, 0.3) is 0 Å². The highest BCUT2D eigenvalue weighted by atomic mass is 19.1. The molecule has 0 amide bonds. The predicted octanol–water partition coefficient (Wildman–Crippen LogP) is 2.47. The minimum atomic E-state index is -0.549. The fraction of sp³-hybridized carbons (Fsp3) is 0.533. The lowest BCUT2D eigenvalue weighted by molar-refractivity contribution is 0.572. The minimum Gasteiger partial charge on any atom is -0.357 e. The van der Waals surface area contributed by atoms with Gasteiger partial charge in [-0.1, -0.05) is 13.0 Å². The third kappa shape index (κ3) is 4.18. The summed E-state index contributed by atoms with van der Waals surface area (Å²) in [6.07, 6.45) is 1.62. The number of hydrogen-bond donors (Lipinski definition) is 2. The summed E-state index contributed by atoms with van der Waals surface area (Å²) in [6, 6.07) is 4.16. The fourth-order valence-electron chi connectivity index (χ4n) is 2.03. The summed E-state index contributed by atoms with van der Waals surface area (Å²) in [5.41, 5.74) is 0.491. The lowest BCUT2D eigenvalue weighted by Gasteiger charge is -2.10. The molecule has 20 heavy (non-hydrogen) atoms. The van der Waals surface area contributed by atoms with Crippen molar-refractivity contribution < 1.29 is 8.78 Å². The van der Waals surface area contributed by atoms with E-state index in [0.717, 1.165) is 25.0 Å². The molecule has 0 aromatic heterocycles. The van der Waals surface area contributed by atoms with Gasteiger partial charge in [0.1, 0.15) is 11.6 Å². The molecule has 1 saturated carbocycles. The monoisotopic (exact) mass is 281 g/mol. The SMILES string of the molecule is CCNC(=NCCc1ccc(F)cc1F)NC1CC1C. The predicted molar refractivity (Wildman–Crippen MR) is 76.7 cm³/mol. The molecule has 2 atom stereocenters. The maximum Gasteiger partial charge on any atom is 0.191 e. The minimum absolute atomic E-state index is 0.461. The van der Waals surface area contributed by atoms with Gasteiger partial charge in [-0.05, 0) is 37.3 Å². The summed E-state index contributed by atoms with van der Waals surface area (Å²) >= 11 is 0. The Morgan fingerprint density at radius 1 is 1.40 bits per heavy atom. The first-order valence-corrected chi connectivity index (χ1v) is 7.09. The van der Waals surface area contributed by atoms with E-state index in [9.17, 15) is 8.78 Å². The first-order chi connectivity index (χ1) is 9.60. The van der Waals surface area contributed by atoms with Crippen molar-refractivity contribution in [3.63, 3.8) is 0 Å². The van der Waals surface area contributed by atoms with E-state index in [4.69, 9.17) is 0 Å². The molecule has 2 N–H and O–H groups in total. The van der Waals surface area contributed by atoms with E-state index in [1.165, 1.54) is 12.1 Å². The summed E-state index contributed by atoms with van der Waals surface area (Å²) in [7, 11) is 0. The van der Waals surface area contributed by atoms with E-state index in [1.54, 1.807) is 0 Å². The van der Waals surface area contributed by atoms with Crippen LogP contribution in [0, 0.1) is 17.6 Å². The molecular weight excluding hydrogens is 260 g/mol. The molecule has 1 fully saturated rings. The number of benzene rings is 1. The van der Waals surface area contributed by atoms with E-state index >= 15 is 0 Å². The van der Waals surface area contributed by atoms with E-state index in [0.29, 0.717) is 30.5 Å². The van der Waals surface area contributed by atoms with E-state index < -0.39 is 11.6 Å². The van der Waals surface area contributed by atoms with Crippen molar-refractivity contribution in [2.75, 3.05) is 13.1 Å². The second kappa shape index (κ2) is 6.68. The van der Waals surface area contributed by atoms with Crippen LogP contribution in [0.3, 0.4) is 0 Å². The molecule has 2 rings (SSSR count). The number of guanidine groups is 1. The largest absolute Gasteiger partial charge is 0.357 e. The van der Waals surface area contributed by atoms with Crippen LogP contribution in [0.4, 0.5) is 8.78 Å². The zero-order valence-corrected chi connectivity index (χ0v) is 11.9. The summed E-state index contributed by atoms with van der Waals surface area (Å²) < 4.78 is 26.3. The first kappa shape index (κ1) is 14.8. The number of halogens is 2. The summed E-state index contributed by atoms with van der Waals surface area (Å²) in [4.78, 5) is 4.42. The molecule has 0 bridgehead atoms. The lowest BCUT2D eigenvalue weighted by Crippen LogP contribution is -2.39. The van der Waals surface area contributed by atoms with Gasteiger partial charge in [0.2, 0.25) is 0 Å². The first-order valence-electron chi connectivity index (χ1n) is 7.09. The van der Waals surface area contributed by atoms with Gasteiger partial charge < -0.3 is 10.6 Å². The highest BCUT2D eigenvalue weighted by Crippen LogP contribution is 2.28. The van der Waals surface area contributed by atoms with Gasteiger partial charge in [-0.2, -0.15) is 0 Å². The molecule has 3 nitrogen and oxygen atoms in total. The number of aliphatic imine (C=N–C) groups is 1. The highest BCUT2D eigenvalue weighted by Gasteiger charge is 2.33. The Kier molecular flexibility index (Phi) is 4.93. The Hall–Kier alpha value is -1.65. The van der Waals surface area contributed by atoms with Crippen LogP contribution in [-0.4, -0.2) is 25.1 Å². The van der Waals surface area contributed by atoms with E-state index in [2.05, 4.69) is 22.5 Å². The van der Waals surface area contributed by atoms with Crippen LogP contribution in [-0.2, 0) is 6.42 Å². The van der Waals surface area contributed by atoms with Crippen LogP contribution in [0.5, 0.6) is 0 Å². The van der Waals surface area contributed by atoms with Gasteiger partial charge in [0.15, 0.2) is 5.96 Å².